The van der Waals surface area contributed by atoms with Gasteiger partial charge < -0.3 is 9.84 Å². The largest absolute Gasteiger partial charge is 0.383 e. The maximum atomic E-state index is 10.4. The molecule has 0 spiro atoms. The number of nitrogens with zero attached hydrogens (tertiary/aromatic N) is 2. The number of methoxy groups -OCH3 is 1. The van der Waals surface area contributed by atoms with Crippen molar-refractivity contribution in [2.75, 3.05) is 13.7 Å². The van der Waals surface area contributed by atoms with Gasteiger partial charge in [0.1, 0.15) is 6.10 Å². The third kappa shape index (κ3) is 3.28. The Labute approximate surface area is 121 Å². The molecular formula is C13H14Cl2N2O2. The van der Waals surface area contributed by atoms with E-state index in [-0.39, 0.29) is 0 Å². The summed E-state index contributed by atoms with van der Waals surface area (Å²) in [6.45, 7) is 1.02. The SMILES string of the molecule is COCCn1ncc(Cl)c1C(O)c1cccc(Cl)c1. The number of aliphatic hydroxyl groups excluding tert-OH is 1. The first-order valence-corrected chi connectivity index (χ1v) is 6.52. The van der Waals surface area contributed by atoms with Gasteiger partial charge in [-0.3, -0.25) is 4.68 Å². The summed E-state index contributed by atoms with van der Waals surface area (Å²) >= 11 is 12.0. The van der Waals surface area contributed by atoms with Crippen LogP contribution in [0.25, 0.3) is 0 Å². The quantitative estimate of drug-likeness (QED) is 0.923. The van der Waals surface area contributed by atoms with Crippen molar-refractivity contribution in [3.63, 3.8) is 0 Å². The van der Waals surface area contributed by atoms with Gasteiger partial charge in [-0.1, -0.05) is 35.3 Å². The van der Waals surface area contributed by atoms with Crippen LogP contribution in [0.15, 0.2) is 30.5 Å². The van der Waals surface area contributed by atoms with Gasteiger partial charge in [0.25, 0.3) is 0 Å². The van der Waals surface area contributed by atoms with Gasteiger partial charge in [-0.25, -0.2) is 0 Å². The second kappa shape index (κ2) is 6.39. The number of hydrogen-bond acceptors (Lipinski definition) is 3. The highest BCUT2D eigenvalue weighted by Gasteiger charge is 2.20. The second-order valence-electron chi connectivity index (χ2n) is 4.05. The molecule has 0 aliphatic heterocycles. The highest BCUT2D eigenvalue weighted by atomic mass is 35.5. The highest BCUT2D eigenvalue weighted by Crippen LogP contribution is 2.29. The van der Waals surface area contributed by atoms with Crippen LogP contribution in [0.3, 0.4) is 0 Å². The number of ether oxygens (including phenoxy) is 1. The van der Waals surface area contributed by atoms with E-state index in [4.69, 9.17) is 27.9 Å². The summed E-state index contributed by atoms with van der Waals surface area (Å²) in [6, 6.07) is 7.03. The third-order valence-electron chi connectivity index (χ3n) is 2.76. The van der Waals surface area contributed by atoms with Gasteiger partial charge in [-0.15, -0.1) is 0 Å². The van der Waals surface area contributed by atoms with Gasteiger partial charge in [0, 0.05) is 12.1 Å². The Balaban J connectivity index is 2.32. The molecule has 19 heavy (non-hydrogen) atoms. The lowest BCUT2D eigenvalue weighted by molar-refractivity contribution is 0.171. The van der Waals surface area contributed by atoms with E-state index in [1.54, 1.807) is 36.1 Å². The molecule has 0 saturated carbocycles. The summed E-state index contributed by atoms with van der Waals surface area (Å²) < 4.78 is 6.64. The monoisotopic (exact) mass is 300 g/mol. The lowest BCUT2D eigenvalue weighted by Gasteiger charge is -2.14. The first kappa shape index (κ1) is 14.3. The first-order valence-electron chi connectivity index (χ1n) is 5.77. The van der Waals surface area contributed by atoms with Crippen LogP contribution in [0.5, 0.6) is 0 Å². The zero-order valence-corrected chi connectivity index (χ0v) is 11.9. The minimum atomic E-state index is -0.870. The van der Waals surface area contributed by atoms with Crippen LogP contribution < -0.4 is 0 Å². The minimum Gasteiger partial charge on any atom is -0.383 e. The topological polar surface area (TPSA) is 47.3 Å². The van der Waals surface area contributed by atoms with Gasteiger partial charge in [0.2, 0.25) is 0 Å². The van der Waals surface area contributed by atoms with Gasteiger partial charge in [-0.05, 0) is 17.7 Å². The predicted molar refractivity (Wildman–Crippen MR) is 74.6 cm³/mol. The Morgan fingerprint density at radius 1 is 1.42 bits per heavy atom. The van der Waals surface area contributed by atoms with Gasteiger partial charge >= 0.3 is 0 Å². The van der Waals surface area contributed by atoms with Gasteiger partial charge in [0.05, 0.1) is 30.1 Å². The Morgan fingerprint density at radius 3 is 2.89 bits per heavy atom. The number of aromatic nitrogens is 2. The number of rotatable bonds is 5. The van der Waals surface area contributed by atoms with Crippen molar-refractivity contribution >= 4 is 23.2 Å². The molecule has 1 heterocycles. The number of halogens is 2. The maximum absolute atomic E-state index is 10.4. The summed E-state index contributed by atoms with van der Waals surface area (Å²) in [4.78, 5) is 0. The molecule has 2 rings (SSSR count). The van der Waals surface area contributed by atoms with Gasteiger partial charge in [-0.2, -0.15) is 5.10 Å². The van der Waals surface area contributed by atoms with Crippen LogP contribution in [0, 0.1) is 0 Å². The van der Waals surface area contributed by atoms with Crippen LogP contribution >= 0.6 is 23.2 Å². The zero-order valence-electron chi connectivity index (χ0n) is 10.4. The van der Waals surface area contributed by atoms with Crippen molar-refractivity contribution in [3.8, 4) is 0 Å². The van der Waals surface area contributed by atoms with Crippen LogP contribution in [-0.2, 0) is 11.3 Å². The lowest BCUT2D eigenvalue weighted by Crippen LogP contribution is -2.13. The summed E-state index contributed by atoms with van der Waals surface area (Å²) in [5.41, 5.74) is 1.22. The van der Waals surface area contributed by atoms with Crippen molar-refractivity contribution in [1.29, 1.82) is 0 Å². The van der Waals surface area contributed by atoms with E-state index >= 15 is 0 Å². The summed E-state index contributed by atoms with van der Waals surface area (Å²) in [5.74, 6) is 0. The molecule has 1 unspecified atom stereocenters. The molecule has 4 nitrogen and oxygen atoms in total. The second-order valence-corrected chi connectivity index (χ2v) is 4.89. The van der Waals surface area contributed by atoms with Crippen molar-refractivity contribution in [1.82, 2.24) is 9.78 Å². The average molecular weight is 301 g/mol. The maximum Gasteiger partial charge on any atom is 0.122 e. The summed E-state index contributed by atoms with van der Waals surface area (Å²) in [6.07, 6.45) is 0.644. The molecule has 1 N–H and O–H groups in total. The number of benzene rings is 1. The normalized spacial score (nSPS) is 12.6. The first-order chi connectivity index (χ1) is 9.13. The van der Waals surface area contributed by atoms with Crippen molar-refractivity contribution in [2.45, 2.75) is 12.6 Å². The molecule has 2 aromatic rings. The summed E-state index contributed by atoms with van der Waals surface area (Å²) in [7, 11) is 1.61. The van der Waals surface area contributed by atoms with Crippen LogP contribution in [0.1, 0.15) is 17.4 Å². The Morgan fingerprint density at radius 2 is 2.21 bits per heavy atom. The van der Waals surface area contributed by atoms with E-state index in [0.29, 0.717) is 34.5 Å². The van der Waals surface area contributed by atoms with Crippen molar-refractivity contribution in [3.05, 3.63) is 51.8 Å². The Hall–Kier alpha value is -1.07. The molecule has 0 fully saturated rings. The molecule has 1 aromatic heterocycles. The van der Waals surface area contributed by atoms with Crippen LogP contribution in [-0.4, -0.2) is 28.6 Å². The molecule has 0 radical (unpaired) electrons. The molecule has 0 aliphatic carbocycles. The van der Waals surface area contributed by atoms with E-state index in [2.05, 4.69) is 5.10 Å². The van der Waals surface area contributed by atoms with E-state index < -0.39 is 6.10 Å². The van der Waals surface area contributed by atoms with Crippen LogP contribution in [0.4, 0.5) is 0 Å². The van der Waals surface area contributed by atoms with E-state index in [1.807, 2.05) is 0 Å². The Kier molecular flexibility index (Phi) is 4.82. The molecule has 6 heteroatoms. The summed E-state index contributed by atoms with van der Waals surface area (Å²) in [5, 5.41) is 15.5. The highest BCUT2D eigenvalue weighted by molar-refractivity contribution is 6.31. The molecule has 0 bridgehead atoms. The smallest absolute Gasteiger partial charge is 0.122 e. The van der Waals surface area contributed by atoms with Crippen LogP contribution in [0.2, 0.25) is 10.0 Å². The molecule has 0 aliphatic rings. The average Bonchev–Trinajstić information content (AvgIpc) is 2.76. The number of aliphatic hydroxyl groups is 1. The fraction of sp³-hybridized carbons (Fsp3) is 0.308. The van der Waals surface area contributed by atoms with E-state index in [1.165, 1.54) is 6.20 Å². The zero-order chi connectivity index (χ0) is 13.8. The molecule has 1 aromatic carbocycles. The fourth-order valence-electron chi connectivity index (χ4n) is 1.83. The molecule has 0 saturated heterocycles. The molecule has 1 atom stereocenters. The molecule has 102 valence electrons. The van der Waals surface area contributed by atoms with E-state index in [9.17, 15) is 5.11 Å². The number of hydrogen-bond donors (Lipinski definition) is 1. The minimum absolute atomic E-state index is 0.420. The lowest BCUT2D eigenvalue weighted by atomic mass is 10.1. The van der Waals surface area contributed by atoms with Gasteiger partial charge in [0.15, 0.2) is 0 Å². The van der Waals surface area contributed by atoms with E-state index in [0.717, 1.165) is 0 Å². The van der Waals surface area contributed by atoms with Crippen molar-refractivity contribution < 1.29 is 9.84 Å². The predicted octanol–water partition coefficient (Wildman–Crippen LogP) is 2.92. The fourth-order valence-corrected chi connectivity index (χ4v) is 2.28. The molecular weight excluding hydrogens is 287 g/mol. The standard InChI is InChI=1S/C13H14Cl2N2O2/c1-19-6-5-17-12(11(15)8-16-17)13(18)9-3-2-4-10(14)7-9/h2-4,7-8,13,18H,5-6H2,1H3. The molecule has 0 amide bonds. The Bertz CT molecular complexity index is 557. The van der Waals surface area contributed by atoms with Crippen molar-refractivity contribution in [2.24, 2.45) is 0 Å². The third-order valence-corrected chi connectivity index (χ3v) is 3.29.